The molecule has 0 aliphatic carbocycles. The second-order valence-electron chi connectivity index (χ2n) is 7.66. The molecule has 0 unspecified atom stereocenters. The van der Waals surface area contributed by atoms with E-state index in [4.69, 9.17) is 5.73 Å². The summed E-state index contributed by atoms with van der Waals surface area (Å²) in [6, 6.07) is 24.7. The first-order valence-corrected chi connectivity index (χ1v) is 10.7. The molecule has 0 spiro atoms. The summed E-state index contributed by atoms with van der Waals surface area (Å²) in [6.45, 7) is 0. The molecular formula is C26H27N3O4. The van der Waals surface area contributed by atoms with E-state index in [2.05, 4.69) is 10.6 Å². The molecule has 3 rings (SSSR count). The molecule has 0 bridgehead atoms. The molecule has 3 aromatic carbocycles. The summed E-state index contributed by atoms with van der Waals surface area (Å²) >= 11 is 0. The number of aliphatic hydroxyl groups excluding tert-OH is 1. The van der Waals surface area contributed by atoms with E-state index in [1.807, 2.05) is 30.3 Å². The van der Waals surface area contributed by atoms with Crippen LogP contribution in [0.5, 0.6) is 0 Å². The summed E-state index contributed by atoms with van der Waals surface area (Å²) in [7, 11) is 0. The van der Waals surface area contributed by atoms with Gasteiger partial charge in [0, 0.05) is 5.56 Å². The molecule has 0 radical (unpaired) electrons. The molecular weight excluding hydrogens is 418 g/mol. The maximum absolute atomic E-state index is 12.9. The Hall–Kier alpha value is -3.97. The zero-order valence-corrected chi connectivity index (χ0v) is 18.1. The van der Waals surface area contributed by atoms with Crippen molar-refractivity contribution in [1.82, 2.24) is 10.6 Å². The van der Waals surface area contributed by atoms with Crippen LogP contribution in [0, 0.1) is 0 Å². The lowest BCUT2D eigenvalue weighted by Crippen LogP contribution is -2.51. The van der Waals surface area contributed by atoms with Gasteiger partial charge in [-0.15, -0.1) is 0 Å². The first-order valence-electron chi connectivity index (χ1n) is 10.7. The van der Waals surface area contributed by atoms with Crippen LogP contribution in [0.2, 0.25) is 0 Å². The lowest BCUT2D eigenvalue weighted by Gasteiger charge is -2.26. The van der Waals surface area contributed by atoms with Gasteiger partial charge in [0.15, 0.2) is 6.10 Å². The number of nitrogens with two attached hydrogens (primary N) is 1. The summed E-state index contributed by atoms with van der Waals surface area (Å²) < 4.78 is 0. The zero-order valence-electron chi connectivity index (χ0n) is 18.1. The molecule has 0 saturated heterocycles. The minimum atomic E-state index is -1.64. The van der Waals surface area contributed by atoms with Crippen molar-refractivity contribution >= 4 is 17.7 Å². The molecule has 3 aromatic rings. The summed E-state index contributed by atoms with van der Waals surface area (Å²) in [5.41, 5.74) is 7.42. The van der Waals surface area contributed by atoms with Gasteiger partial charge in [0.05, 0.1) is 6.04 Å². The number of benzene rings is 3. The van der Waals surface area contributed by atoms with Crippen LogP contribution in [0.15, 0.2) is 91.0 Å². The molecule has 0 fully saturated rings. The van der Waals surface area contributed by atoms with E-state index < -0.39 is 35.9 Å². The zero-order chi connectivity index (χ0) is 23.6. The largest absolute Gasteiger partial charge is 0.381 e. The standard InChI is InChI=1S/C26H27N3O4/c27-24(31)21(17-16-18-10-4-1-5-11-18)28-26(33)23(30)22(19-12-6-2-7-13-19)29-25(32)20-14-8-3-9-15-20/h1-15,21-23,30H,16-17H2,(H2,27,31)(H,28,33)(H,29,32)/t21-,22+,23-/m1/s1. The Labute approximate surface area is 192 Å². The molecule has 0 heterocycles. The number of carbonyl (C=O) groups excluding carboxylic acids is 3. The number of hydrogen-bond acceptors (Lipinski definition) is 4. The van der Waals surface area contributed by atoms with Crippen LogP contribution in [0.1, 0.15) is 33.9 Å². The molecule has 5 N–H and O–H groups in total. The van der Waals surface area contributed by atoms with Crippen LogP contribution < -0.4 is 16.4 Å². The van der Waals surface area contributed by atoms with Crippen molar-refractivity contribution in [2.75, 3.05) is 0 Å². The average molecular weight is 446 g/mol. The van der Waals surface area contributed by atoms with Gasteiger partial charge in [-0.3, -0.25) is 14.4 Å². The van der Waals surface area contributed by atoms with Crippen LogP contribution in [0.3, 0.4) is 0 Å². The van der Waals surface area contributed by atoms with Gasteiger partial charge in [0.25, 0.3) is 11.8 Å². The lowest BCUT2D eigenvalue weighted by atomic mass is 9.99. The monoisotopic (exact) mass is 445 g/mol. The fraction of sp³-hybridized carbons (Fsp3) is 0.192. The Kier molecular flexibility index (Phi) is 8.32. The SMILES string of the molecule is NC(=O)[C@@H](CCc1ccccc1)NC(=O)[C@H](O)[C@@H](NC(=O)c1ccccc1)c1ccccc1. The van der Waals surface area contributed by atoms with Crippen molar-refractivity contribution < 1.29 is 19.5 Å². The first kappa shape index (κ1) is 23.7. The van der Waals surface area contributed by atoms with E-state index in [1.54, 1.807) is 60.7 Å². The quantitative estimate of drug-likeness (QED) is 0.382. The lowest BCUT2D eigenvalue weighted by molar-refractivity contribution is -0.134. The minimum Gasteiger partial charge on any atom is -0.381 e. The van der Waals surface area contributed by atoms with Crippen molar-refractivity contribution in [2.24, 2.45) is 5.73 Å². The van der Waals surface area contributed by atoms with E-state index in [-0.39, 0.29) is 6.42 Å². The summed E-state index contributed by atoms with van der Waals surface area (Å²) in [4.78, 5) is 37.5. The Morgan fingerprint density at radius 3 is 1.91 bits per heavy atom. The van der Waals surface area contributed by atoms with Crippen LogP contribution in [-0.2, 0) is 16.0 Å². The topological polar surface area (TPSA) is 122 Å². The Bertz CT molecular complexity index is 1060. The molecule has 0 aromatic heterocycles. The first-order chi connectivity index (χ1) is 16.0. The van der Waals surface area contributed by atoms with Crippen molar-refractivity contribution in [3.63, 3.8) is 0 Å². The fourth-order valence-corrected chi connectivity index (χ4v) is 3.47. The van der Waals surface area contributed by atoms with Gasteiger partial charge in [-0.1, -0.05) is 78.9 Å². The van der Waals surface area contributed by atoms with Gasteiger partial charge in [-0.2, -0.15) is 0 Å². The van der Waals surface area contributed by atoms with Crippen LogP contribution in [0.25, 0.3) is 0 Å². The molecule has 0 aliphatic rings. The highest BCUT2D eigenvalue weighted by atomic mass is 16.3. The van der Waals surface area contributed by atoms with Gasteiger partial charge in [-0.05, 0) is 36.1 Å². The number of primary amides is 1. The molecule has 33 heavy (non-hydrogen) atoms. The molecule has 0 aliphatic heterocycles. The fourth-order valence-electron chi connectivity index (χ4n) is 3.47. The van der Waals surface area contributed by atoms with Gasteiger partial charge in [0.1, 0.15) is 6.04 Å². The summed E-state index contributed by atoms with van der Waals surface area (Å²) in [5, 5.41) is 16.1. The number of carbonyl (C=O) groups is 3. The number of aliphatic hydroxyl groups is 1. The normalized spacial score (nSPS) is 13.4. The smallest absolute Gasteiger partial charge is 0.252 e. The maximum Gasteiger partial charge on any atom is 0.252 e. The predicted octanol–water partition coefficient (Wildman–Crippen LogP) is 2.12. The number of amides is 3. The Morgan fingerprint density at radius 2 is 1.33 bits per heavy atom. The highest BCUT2D eigenvalue weighted by molar-refractivity contribution is 5.95. The van der Waals surface area contributed by atoms with Crippen molar-refractivity contribution in [3.8, 4) is 0 Å². The highest BCUT2D eigenvalue weighted by Crippen LogP contribution is 2.19. The Morgan fingerprint density at radius 1 is 0.788 bits per heavy atom. The predicted molar refractivity (Wildman–Crippen MR) is 125 cm³/mol. The second kappa shape index (κ2) is 11.6. The van der Waals surface area contributed by atoms with Gasteiger partial charge >= 0.3 is 0 Å². The summed E-state index contributed by atoms with van der Waals surface area (Å²) in [6.07, 6.45) is -0.833. The van der Waals surface area contributed by atoms with E-state index in [9.17, 15) is 19.5 Å². The highest BCUT2D eigenvalue weighted by Gasteiger charge is 2.31. The molecule has 7 heteroatoms. The van der Waals surface area contributed by atoms with Crippen LogP contribution in [0.4, 0.5) is 0 Å². The molecule has 7 nitrogen and oxygen atoms in total. The van der Waals surface area contributed by atoms with Gasteiger partial charge in [-0.25, -0.2) is 0 Å². The third kappa shape index (κ3) is 6.75. The number of nitrogens with one attached hydrogen (secondary N) is 2. The third-order valence-electron chi connectivity index (χ3n) is 5.29. The van der Waals surface area contributed by atoms with Gasteiger partial charge < -0.3 is 21.5 Å². The average Bonchev–Trinajstić information content (AvgIpc) is 2.85. The maximum atomic E-state index is 12.9. The van der Waals surface area contributed by atoms with Crippen LogP contribution >= 0.6 is 0 Å². The van der Waals surface area contributed by atoms with Crippen molar-refractivity contribution in [2.45, 2.75) is 31.0 Å². The van der Waals surface area contributed by atoms with Crippen molar-refractivity contribution in [1.29, 1.82) is 0 Å². The minimum absolute atomic E-state index is 0.282. The molecule has 0 saturated carbocycles. The number of rotatable bonds is 10. The number of hydrogen-bond donors (Lipinski definition) is 4. The van der Waals surface area contributed by atoms with E-state index in [0.29, 0.717) is 17.5 Å². The van der Waals surface area contributed by atoms with Gasteiger partial charge in [0.2, 0.25) is 5.91 Å². The molecule has 3 atom stereocenters. The Balaban J connectivity index is 1.73. The van der Waals surface area contributed by atoms with E-state index >= 15 is 0 Å². The molecule has 3 amide bonds. The second-order valence-corrected chi connectivity index (χ2v) is 7.66. The van der Waals surface area contributed by atoms with E-state index in [1.165, 1.54) is 0 Å². The van der Waals surface area contributed by atoms with E-state index in [0.717, 1.165) is 5.56 Å². The molecule has 170 valence electrons. The summed E-state index contributed by atoms with van der Waals surface area (Å²) in [5.74, 6) is -1.93. The van der Waals surface area contributed by atoms with Crippen molar-refractivity contribution in [3.05, 3.63) is 108 Å². The van der Waals surface area contributed by atoms with Crippen LogP contribution in [-0.4, -0.2) is 35.0 Å². The third-order valence-corrected chi connectivity index (χ3v) is 5.29. The number of aryl methyl sites for hydroxylation is 1.